The van der Waals surface area contributed by atoms with Crippen molar-refractivity contribution in [2.45, 2.75) is 64.7 Å². The van der Waals surface area contributed by atoms with Gasteiger partial charge in [-0.3, -0.25) is 24.6 Å². The third-order valence-corrected chi connectivity index (χ3v) is 6.81. The minimum atomic E-state index is -0.569. The molecule has 7 heteroatoms. The Bertz CT molecular complexity index is 850. The van der Waals surface area contributed by atoms with Gasteiger partial charge in [0.2, 0.25) is 11.8 Å². The molecule has 2 unspecified atom stereocenters. The number of rotatable bonds is 4. The first-order chi connectivity index (χ1) is 13.8. The van der Waals surface area contributed by atoms with E-state index in [1.807, 2.05) is 12.1 Å². The molecule has 3 heterocycles. The fourth-order valence-electron chi connectivity index (χ4n) is 5.17. The molecule has 0 saturated carbocycles. The molecule has 2 saturated heterocycles. The van der Waals surface area contributed by atoms with Crippen molar-refractivity contribution in [3.8, 4) is 0 Å². The largest absolute Gasteiger partial charge is 0.329 e. The van der Waals surface area contributed by atoms with E-state index in [-0.39, 0.29) is 29.6 Å². The third kappa shape index (κ3) is 3.69. The average Bonchev–Trinajstić information content (AvgIpc) is 2.97. The van der Waals surface area contributed by atoms with Crippen LogP contribution < -0.4 is 11.1 Å². The van der Waals surface area contributed by atoms with E-state index < -0.39 is 6.04 Å². The Morgan fingerprint density at radius 1 is 1.24 bits per heavy atom. The van der Waals surface area contributed by atoms with Gasteiger partial charge in [0.1, 0.15) is 6.04 Å². The van der Waals surface area contributed by atoms with Crippen LogP contribution in [0.2, 0.25) is 0 Å². The second-order valence-electron chi connectivity index (χ2n) is 9.21. The minimum absolute atomic E-state index is 0.125. The van der Waals surface area contributed by atoms with Gasteiger partial charge in [0, 0.05) is 37.7 Å². The summed E-state index contributed by atoms with van der Waals surface area (Å²) in [6.45, 7) is 7.47. The van der Waals surface area contributed by atoms with Crippen molar-refractivity contribution < 1.29 is 14.4 Å². The summed E-state index contributed by atoms with van der Waals surface area (Å²) >= 11 is 0. The molecule has 0 spiro atoms. The smallest absolute Gasteiger partial charge is 0.255 e. The van der Waals surface area contributed by atoms with Crippen LogP contribution in [0.3, 0.4) is 0 Å². The van der Waals surface area contributed by atoms with Crippen molar-refractivity contribution in [1.29, 1.82) is 0 Å². The first kappa shape index (κ1) is 20.0. The van der Waals surface area contributed by atoms with E-state index in [0.29, 0.717) is 31.1 Å². The Labute approximate surface area is 171 Å². The van der Waals surface area contributed by atoms with Crippen LogP contribution in [0.25, 0.3) is 0 Å². The monoisotopic (exact) mass is 398 g/mol. The summed E-state index contributed by atoms with van der Waals surface area (Å²) in [5.41, 5.74) is 9.08. The van der Waals surface area contributed by atoms with E-state index in [1.165, 1.54) is 6.42 Å². The van der Waals surface area contributed by atoms with Gasteiger partial charge in [0.25, 0.3) is 5.91 Å². The van der Waals surface area contributed by atoms with Crippen LogP contribution in [-0.2, 0) is 22.7 Å². The number of nitrogens with two attached hydrogens (primary N) is 1. The first-order valence-electron chi connectivity index (χ1n) is 10.5. The van der Waals surface area contributed by atoms with Gasteiger partial charge in [0.05, 0.1) is 0 Å². The van der Waals surface area contributed by atoms with Crippen LogP contribution in [0.4, 0.5) is 0 Å². The zero-order valence-electron chi connectivity index (χ0n) is 17.2. The number of fused-ring (bicyclic) bond motifs is 1. The second kappa shape index (κ2) is 7.54. The topological polar surface area (TPSA) is 95.7 Å². The van der Waals surface area contributed by atoms with Crippen molar-refractivity contribution in [3.63, 3.8) is 0 Å². The molecule has 2 fully saturated rings. The Hall–Kier alpha value is -2.25. The summed E-state index contributed by atoms with van der Waals surface area (Å²) in [4.78, 5) is 40.5. The van der Waals surface area contributed by atoms with Crippen molar-refractivity contribution in [2.24, 2.45) is 11.1 Å². The van der Waals surface area contributed by atoms with Gasteiger partial charge in [-0.05, 0) is 48.4 Å². The lowest BCUT2D eigenvalue weighted by Gasteiger charge is -2.46. The van der Waals surface area contributed by atoms with Gasteiger partial charge >= 0.3 is 0 Å². The Morgan fingerprint density at radius 2 is 2.03 bits per heavy atom. The Morgan fingerprint density at radius 3 is 2.76 bits per heavy atom. The molecule has 0 aliphatic carbocycles. The number of piperidine rings is 2. The van der Waals surface area contributed by atoms with E-state index in [1.54, 1.807) is 4.90 Å². The minimum Gasteiger partial charge on any atom is -0.329 e. The van der Waals surface area contributed by atoms with Crippen LogP contribution >= 0.6 is 0 Å². The summed E-state index contributed by atoms with van der Waals surface area (Å²) in [5, 5.41) is 2.35. The molecule has 4 rings (SSSR count). The van der Waals surface area contributed by atoms with E-state index >= 15 is 0 Å². The zero-order valence-corrected chi connectivity index (χ0v) is 17.2. The molecule has 3 N–H and O–H groups in total. The Balaban J connectivity index is 1.50. The van der Waals surface area contributed by atoms with Gasteiger partial charge in [0.15, 0.2) is 0 Å². The van der Waals surface area contributed by atoms with E-state index in [9.17, 15) is 14.4 Å². The normalized spacial score (nSPS) is 27.1. The lowest BCUT2D eigenvalue weighted by atomic mass is 9.76. The summed E-state index contributed by atoms with van der Waals surface area (Å²) in [5.74, 6) is -0.763. The van der Waals surface area contributed by atoms with E-state index in [2.05, 4.69) is 30.1 Å². The molecule has 156 valence electrons. The van der Waals surface area contributed by atoms with Gasteiger partial charge in [-0.1, -0.05) is 26.0 Å². The SMILES string of the molecule is CC1(C)CCCN(Cc2ccc3c(c2)CN(C2CCC(=O)NC2=O)C3=O)C1CN. The fraction of sp³-hybridized carbons (Fsp3) is 0.591. The van der Waals surface area contributed by atoms with Crippen molar-refractivity contribution >= 4 is 17.7 Å². The number of nitrogens with zero attached hydrogens (tertiary/aromatic N) is 2. The number of hydrogen-bond acceptors (Lipinski definition) is 5. The fourth-order valence-corrected chi connectivity index (χ4v) is 5.17. The maximum absolute atomic E-state index is 12.8. The van der Waals surface area contributed by atoms with Crippen LogP contribution in [-0.4, -0.2) is 52.7 Å². The van der Waals surface area contributed by atoms with E-state index in [0.717, 1.165) is 30.6 Å². The van der Waals surface area contributed by atoms with Crippen LogP contribution in [0.5, 0.6) is 0 Å². The van der Waals surface area contributed by atoms with Crippen LogP contribution in [0, 0.1) is 5.41 Å². The molecular weight excluding hydrogens is 368 g/mol. The molecule has 1 aromatic carbocycles. The number of likely N-dealkylation sites (tertiary alicyclic amines) is 1. The summed E-state index contributed by atoms with van der Waals surface area (Å²) < 4.78 is 0. The number of amides is 3. The molecule has 2 atom stereocenters. The molecule has 0 bridgehead atoms. The highest BCUT2D eigenvalue weighted by Gasteiger charge is 2.40. The summed E-state index contributed by atoms with van der Waals surface area (Å²) in [6.07, 6.45) is 3.01. The predicted octanol–water partition coefficient (Wildman–Crippen LogP) is 1.40. The average molecular weight is 399 g/mol. The lowest BCUT2D eigenvalue weighted by Crippen LogP contribution is -2.53. The quantitative estimate of drug-likeness (QED) is 0.748. The number of imide groups is 1. The number of benzene rings is 1. The van der Waals surface area contributed by atoms with E-state index in [4.69, 9.17) is 5.73 Å². The van der Waals surface area contributed by atoms with Crippen molar-refractivity contribution in [1.82, 2.24) is 15.1 Å². The third-order valence-electron chi connectivity index (χ3n) is 6.81. The molecule has 3 aliphatic heterocycles. The summed E-state index contributed by atoms with van der Waals surface area (Å²) in [6, 6.07) is 5.76. The van der Waals surface area contributed by atoms with Crippen molar-refractivity contribution in [2.75, 3.05) is 13.1 Å². The zero-order chi connectivity index (χ0) is 20.8. The van der Waals surface area contributed by atoms with Crippen LogP contribution in [0.15, 0.2) is 18.2 Å². The van der Waals surface area contributed by atoms with Crippen molar-refractivity contribution in [3.05, 3.63) is 34.9 Å². The highest BCUT2D eigenvalue weighted by molar-refractivity contribution is 6.05. The molecule has 0 radical (unpaired) electrons. The molecule has 1 aromatic rings. The second-order valence-corrected chi connectivity index (χ2v) is 9.21. The van der Waals surface area contributed by atoms with Gasteiger partial charge < -0.3 is 10.6 Å². The number of nitrogens with one attached hydrogen (secondary N) is 1. The molecule has 0 aromatic heterocycles. The predicted molar refractivity (Wildman–Crippen MR) is 109 cm³/mol. The van der Waals surface area contributed by atoms with Crippen LogP contribution in [0.1, 0.15) is 61.0 Å². The molecule has 3 aliphatic rings. The Kier molecular flexibility index (Phi) is 5.21. The molecule has 29 heavy (non-hydrogen) atoms. The molecular formula is C22H30N4O3. The number of hydrogen-bond donors (Lipinski definition) is 2. The number of carbonyl (C=O) groups is 3. The summed E-state index contributed by atoms with van der Waals surface area (Å²) in [7, 11) is 0. The maximum Gasteiger partial charge on any atom is 0.255 e. The lowest BCUT2D eigenvalue weighted by molar-refractivity contribution is -0.136. The molecule has 3 amide bonds. The molecule has 7 nitrogen and oxygen atoms in total. The standard InChI is InChI=1S/C22H30N4O3/c1-22(2)8-3-9-25(18(22)11-23)12-14-4-5-16-15(10-14)13-26(21(16)29)17-6-7-19(27)24-20(17)28/h4-5,10,17-18H,3,6-9,11-13,23H2,1-2H3,(H,24,27,28). The van der Waals surface area contributed by atoms with Gasteiger partial charge in [-0.25, -0.2) is 0 Å². The highest BCUT2D eigenvalue weighted by atomic mass is 16.2. The highest BCUT2D eigenvalue weighted by Crippen LogP contribution is 2.36. The number of carbonyl (C=O) groups excluding carboxylic acids is 3. The first-order valence-corrected chi connectivity index (χ1v) is 10.5. The maximum atomic E-state index is 12.8. The van der Waals surface area contributed by atoms with Gasteiger partial charge in [-0.2, -0.15) is 0 Å². The van der Waals surface area contributed by atoms with Gasteiger partial charge in [-0.15, -0.1) is 0 Å².